The first kappa shape index (κ1) is 13.7. The van der Waals surface area contributed by atoms with Crippen molar-refractivity contribution in [3.8, 4) is 0 Å². The third-order valence-electron chi connectivity index (χ3n) is 2.17. The van der Waals surface area contributed by atoms with Crippen LogP contribution in [0, 0.1) is 0 Å². The van der Waals surface area contributed by atoms with E-state index >= 15 is 0 Å². The third kappa shape index (κ3) is 3.30. The van der Waals surface area contributed by atoms with E-state index in [2.05, 4.69) is 15.9 Å². The Morgan fingerprint density at radius 1 is 1.41 bits per heavy atom. The third-order valence-corrected chi connectivity index (χ3v) is 2.58. The van der Waals surface area contributed by atoms with Crippen molar-refractivity contribution >= 4 is 33.4 Å². The van der Waals surface area contributed by atoms with Gasteiger partial charge >= 0.3 is 5.97 Å². The number of alkyl halides is 1. The average molecular weight is 300 g/mol. The van der Waals surface area contributed by atoms with Crippen LogP contribution in [0.3, 0.4) is 0 Å². The Hall–Kier alpha value is -1.36. The van der Waals surface area contributed by atoms with Gasteiger partial charge in [-0.25, -0.2) is 4.79 Å². The summed E-state index contributed by atoms with van der Waals surface area (Å²) in [7, 11) is 0. The lowest BCUT2D eigenvalue weighted by molar-refractivity contribution is 0.0523. The van der Waals surface area contributed by atoms with E-state index < -0.39 is 5.97 Å². The van der Waals surface area contributed by atoms with Gasteiger partial charge in [-0.15, -0.1) is 0 Å². The minimum absolute atomic E-state index is 0.173. The molecule has 4 nitrogen and oxygen atoms in total. The fourth-order valence-electron chi connectivity index (χ4n) is 1.37. The quantitative estimate of drug-likeness (QED) is 0.401. The van der Waals surface area contributed by atoms with Gasteiger partial charge in [0.1, 0.15) is 0 Å². The molecule has 0 bridgehead atoms. The second kappa shape index (κ2) is 5.82. The van der Waals surface area contributed by atoms with Crippen LogP contribution in [0.25, 0.3) is 0 Å². The fraction of sp³-hybridized carbons (Fsp3) is 0.333. The van der Waals surface area contributed by atoms with E-state index in [0.29, 0.717) is 11.3 Å². The lowest BCUT2D eigenvalue weighted by Gasteiger charge is -2.10. The van der Waals surface area contributed by atoms with Crippen LogP contribution in [0.5, 0.6) is 0 Å². The van der Waals surface area contributed by atoms with E-state index in [9.17, 15) is 9.59 Å². The maximum absolute atomic E-state index is 11.9. The Bertz CT molecular complexity index is 443. The summed E-state index contributed by atoms with van der Waals surface area (Å²) in [5.74, 6) is -0.704. The normalized spacial score (nSPS) is 11.9. The van der Waals surface area contributed by atoms with E-state index in [1.807, 2.05) is 0 Å². The number of ether oxygens (including phenoxy) is 1. The van der Waals surface area contributed by atoms with Crippen molar-refractivity contribution in [2.75, 3.05) is 12.3 Å². The Morgan fingerprint density at radius 3 is 2.59 bits per heavy atom. The van der Waals surface area contributed by atoms with Gasteiger partial charge in [-0.2, -0.15) is 0 Å². The molecule has 0 aliphatic heterocycles. The van der Waals surface area contributed by atoms with E-state index in [0.717, 1.165) is 0 Å². The largest absolute Gasteiger partial charge is 0.462 e. The number of nitrogen functional groups attached to an aromatic ring is 1. The van der Waals surface area contributed by atoms with Gasteiger partial charge in [0.25, 0.3) is 0 Å². The summed E-state index contributed by atoms with van der Waals surface area (Å²) in [6, 6.07) is 4.59. The van der Waals surface area contributed by atoms with Crippen molar-refractivity contribution in [2.45, 2.75) is 18.7 Å². The first-order valence-electron chi connectivity index (χ1n) is 5.22. The second-order valence-corrected chi connectivity index (χ2v) is 4.88. The molecule has 1 atom stereocenters. The molecule has 0 heterocycles. The highest BCUT2D eigenvalue weighted by atomic mass is 79.9. The summed E-state index contributed by atoms with van der Waals surface area (Å²) in [5, 5.41) is 0. The molecule has 0 radical (unpaired) electrons. The second-order valence-electron chi connectivity index (χ2n) is 3.51. The molecule has 92 valence electrons. The minimum atomic E-state index is -0.531. The van der Waals surface area contributed by atoms with Crippen molar-refractivity contribution in [3.05, 3.63) is 29.3 Å². The minimum Gasteiger partial charge on any atom is -0.462 e. The van der Waals surface area contributed by atoms with E-state index in [4.69, 9.17) is 10.5 Å². The number of esters is 1. The Labute approximate surface area is 108 Å². The fourth-order valence-corrected chi connectivity index (χ4v) is 1.62. The summed E-state index contributed by atoms with van der Waals surface area (Å²) in [6.45, 7) is 3.66. The summed E-state index contributed by atoms with van der Waals surface area (Å²) >= 11 is 3.18. The average Bonchev–Trinajstić information content (AvgIpc) is 2.28. The Morgan fingerprint density at radius 2 is 2.06 bits per heavy atom. The van der Waals surface area contributed by atoms with Gasteiger partial charge in [0.15, 0.2) is 5.78 Å². The van der Waals surface area contributed by atoms with Crippen LogP contribution in [-0.4, -0.2) is 23.2 Å². The van der Waals surface area contributed by atoms with Crippen molar-refractivity contribution in [3.63, 3.8) is 0 Å². The molecular weight excluding hydrogens is 286 g/mol. The SMILES string of the molecule is CCOC(=O)c1cc(N)ccc1C(=O)C(C)Br. The summed E-state index contributed by atoms with van der Waals surface area (Å²) in [5.41, 5.74) is 6.56. The highest BCUT2D eigenvalue weighted by molar-refractivity contribution is 9.10. The number of ketones is 1. The molecule has 2 N–H and O–H groups in total. The summed E-state index contributed by atoms with van der Waals surface area (Å²) in [4.78, 5) is 23.2. The molecule has 0 fully saturated rings. The molecule has 0 saturated carbocycles. The predicted octanol–water partition coefficient (Wildman–Crippen LogP) is 2.41. The molecule has 0 aromatic heterocycles. The zero-order valence-electron chi connectivity index (χ0n) is 9.70. The number of hydrogen-bond donors (Lipinski definition) is 1. The first-order valence-corrected chi connectivity index (χ1v) is 6.13. The Kier molecular flexibility index (Phi) is 4.69. The number of halogens is 1. The number of benzene rings is 1. The molecular formula is C12H14BrNO3. The van der Waals surface area contributed by atoms with Crippen molar-refractivity contribution < 1.29 is 14.3 Å². The van der Waals surface area contributed by atoms with Gasteiger partial charge in [-0.1, -0.05) is 15.9 Å². The molecule has 1 unspecified atom stereocenters. The molecule has 5 heteroatoms. The molecule has 1 rings (SSSR count). The monoisotopic (exact) mass is 299 g/mol. The molecule has 0 saturated heterocycles. The zero-order chi connectivity index (χ0) is 13.0. The maximum Gasteiger partial charge on any atom is 0.338 e. The van der Waals surface area contributed by atoms with Crippen molar-refractivity contribution in [1.29, 1.82) is 0 Å². The van der Waals surface area contributed by atoms with E-state index in [1.54, 1.807) is 26.0 Å². The van der Waals surface area contributed by atoms with E-state index in [-0.39, 0.29) is 22.8 Å². The lowest BCUT2D eigenvalue weighted by atomic mass is 10.0. The van der Waals surface area contributed by atoms with Crippen LogP contribution >= 0.6 is 15.9 Å². The lowest BCUT2D eigenvalue weighted by Crippen LogP contribution is -2.17. The van der Waals surface area contributed by atoms with Gasteiger partial charge < -0.3 is 10.5 Å². The molecule has 0 amide bonds. The molecule has 17 heavy (non-hydrogen) atoms. The summed E-state index contributed by atoms with van der Waals surface area (Å²) < 4.78 is 4.89. The highest BCUT2D eigenvalue weighted by Crippen LogP contribution is 2.19. The number of anilines is 1. The van der Waals surface area contributed by atoms with Crippen LogP contribution < -0.4 is 5.73 Å². The van der Waals surface area contributed by atoms with Crippen LogP contribution in [0.15, 0.2) is 18.2 Å². The first-order chi connectivity index (χ1) is 7.97. The number of Topliss-reactive ketones (excluding diaryl/α,β-unsaturated/α-hetero) is 1. The van der Waals surface area contributed by atoms with Gasteiger partial charge in [0.2, 0.25) is 0 Å². The van der Waals surface area contributed by atoms with Crippen LogP contribution in [-0.2, 0) is 4.74 Å². The number of rotatable bonds is 4. The van der Waals surface area contributed by atoms with Crippen molar-refractivity contribution in [2.24, 2.45) is 0 Å². The van der Waals surface area contributed by atoms with Gasteiger partial charge in [0, 0.05) is 11.3 Å². The maximum atomic E-state index is 11.9. The van der Waals surface area contributed by atoms with Gasteiger partial charge in [-0.3, -0.25) is 4.79 Å². The van der Waals surface area contributed by atoms with Gasteiger partial charge in [0.05, 0.1) is 17.0 Å². The molecule has 1 aromatic carbocycles. The zero-order valence-corrected chi connectivity index (χ0v) is 11.3. The number of carbonyl (C=O) groups is 2. The smallest absolute Gasteiger partial charge is 0.338 e. The van der Waals surface area contributed by atoms with Crippen LogP contribution in [0.1, 0.15) is 34.6 Å². The van der Waals surface area contributed by atoms with Crippen LogP contribution in [0.2, 0.25) is 0 Å². The van der Waals surface area contributed by atoms with Crippen molar-refractivity contribution in [1.82, 2.24) is 0 Å². The summed E-state index contributed by atoms with van der Waals surface area (Å²) in [6.07, 6.45) is 0. The predicted molar refractivity (Wildman–Crippen MR) is 69.5 cm³/mol. The molecule has 1 aromatic rings. The number of carbonyl (C=O) groups excluding carboxylic acids is 2. The topological polar surface area (TPSA) is 69.4 Å². The van der Waals surface area contributed by atoms with Crippen LogP contribution in [0.4, 0.5) is 5.69 Å². The van der Waals surface area contributed by atoms with Gasteiger partial charge in [-0.05, 0) is 32.0 Å². The highest BCUT2D eigenvalue weighted by Gasteiger charge is 2.21. The number of nitrogens with two attached hydrogens (primary N) is 1. The standard InChI is InChI=1S/C12H14BrNO3/c1-3-17-12(16)10-6-8(14)4-5-9(10)11(15)7(2)13/h4-7H,3,14H2,1-2H3. The molecule has 0 aliphatic carbocycles. The Balaban J connectivity index is 3.21. The number of hydrogen-bond acceptors (Lipinski definition) is 4. The molecule has 0 spiro atoms. The van der Waals surface area contributed by atoms with E-state index in [1.165, 1.54) is 6.07 Å². The molecule has 0 aliphatic rings.